The minimum absolute atomic E-state index is 0.00671. The van der Waals surface area contributed by atoms with Crippen LogP contribution in [0.1, 0.15) is 161 Å². The molecular formula is C69H71BN2OS. The molecule has 0 spiro atoms. The van der Waals surface area contributed by atoms with Crippen molar-refractivity contribution in [1.82, 2.24) is 0 Å². The van der Waals surface area contributed by atoms with Gasteiger partial charge in [-0.1, -0.05) is 150 Å². The number of fused-ring (bicyclic) bond motifs is 13. The van der Waals surface area contributed by atoms with Crippen LogP contribution in [-0.2, 0) is 32.5 Å². The molecule has 74 heavy (non-hydrogen) atoms. The van der Waals surface area contributed by atoms with E-state index < -0.39 is 0 Å². The van der Waals surface area contributed by atoms with Crippen molar-refractivity contribution >= 4 is 99.9 Å². The Morgan fingerprint density at radius 2 is 1.01 bits per heavy atom. The summed E-state index contributed by atoms with van der Waals surface area (Å²) in [5, 5.41) is 3.69. The van der Waals surface area contributed by atoms with Gasteiger partial charge < -0.3 is 14.2 Å². The standard InChI is InChI=1S/C69H71BN2OS/c1-40-33-55-59-56(34-40)72(54-38-51-49(66(6,7)29-31-68(51,10)11)36-45(54)41-19-15-14-16-20-41)61-53(26-24-44-43-21-17-18-22-57(43)73-62(44)61)70(59)63-60(46-37-50-52(39-58(46)74-63)69(12,13)32-30-67(50,8)9)71(55)42-23-25-47-48(35-42)65(4,5)28-27-64(47,2)3/h14-26,33-39H,27-32H2,1-13H3. The second-order valence-corrected chi connectivity index (χ2v) is 28.4. The molecule has 0 fully saturated rings. The van der Waals surface area contributed by atoms with E-state index in [4.69, 9.17) is 4.42 Å². The fraction of sp³-hybridized carbons (Fsp3) is 0.362. The second-order valence-electron chi connectivity index (χ2n) is 27.3. The first kappa shape index (κ1) is 46.5. The van der Waals surface area contributed by atoms with Gasteiger partial charge in [0.05, 0.1) is 17.1 Å². The highest BCUT2D eigenvalue weighted by Crippen LogP contribution is 2.57. The quantitative estimate of drug-likeness (QED) is 0.165. The molecule has 0 amide bonds. The van der Waals surface area contributed by atoms with Crippen molar-refractivity contribution < 1.29 is 4.42 Å². The Bertz CT molecular complexity index is 3900. The van der Waals surface area contributed by atoms with Crippen molar-refractivity contribution in [2.45, 2.75) is 161 Å². The summed E-state index contributed by atoms with van der Waals surface area (Å²) in [5.74, 6) is 0. The van der Waals surface area contributed by atoms with Crippen molar-refractivity contribution in [3.8, 4) is 11.1 Å². The molecule has 0 saturated heterocycles. The number of benzene rings is 7. The Morgan fingerprint density at radius 1 is 0.459 bits per heavy atom. The average Bonchev–Trinajstić information content (AvgIpc) is 3.98. The van der Waals surface area contributed by atoms with E-state index in [-0.39, 0.29) is 39.2 Å². The second kappa shape index (κ2) is 15.1. The molecule has 0 radical (unpaired) electrons. The van der Waals surface area contributed by atoms with Gasteiger partial charge in [0, 0.05) is 48.3 Å². The van der Waals surface area contributed by atoms with E-state index in [2.05, 4.69) is 221 Å². The molecule has 3 aliphatic carbocycles. The Kier molecular flexibility index (Phi) is 9.48. The predicted octanol–water partition coefficient (Wildman–Crippen LogP) is 17.9. The Labute approximate surface area is 444 Å². The van der Waals surface area contributed by atoms with Crippen molar-refractivity contribution in [2.24, 2.45) is 0 Å². The third-order valence-electron chi connectivity index (χ3n) is 19.7. The summed E-state index contributed by atoms with van der Waals surface area (Å²) in [4.78, 5) is 5.42. The van der Waals surface area contributed by atoms with Crippen LogP contribution in [0.5, 0.6) is 0 Å². The van der Waals surface area contributed by atoms with Gasteiger partial charge >= 0.3 is 0 Å². The molecule has 4 heterocycles. The molecule has 9 aromatic rings. The molecule has 14 rings (SSSR count). The lowest BCUT2D eigenvalue weighted by molar-refractivity contribution is 0.332. The fourth-order valence-corrected chi connectivity index (χ4v) is 16.1. The Balaban J connectivity index is 1.14. The van der Waals surface area contributed by atoms with Crippen molar-refractivity contribution in [3.63, 3.8) is 0 Å². The summed E-state index contributed by atoms with van der Waals surface area (Å²) >= 11 is 2.04. The van der Waals surface area contributed by atoms with E-state index in [1.54, 1.807) is 0 Å². The third-order valence-corrected chi connectivity index (χ3v) is 20.9. The van der Waals surface area contributed by atoms with E-state index in [1.807, 2.05) is 11.3 Å². The van der Waals surface area contributed by atoms with Crippen LogP contribution < -0.4 is 25.5 Å². The Hall–Kier alpha value is -6.04. The molecule has 0 unspecified atom stereocenters. The first-order valence-electron chi connectivity index (χ1n) is 27.7. The molecule has 0 saturated carbocycles. The van der Waals surface area contributed by atoms with Crippen LogP contribution >= 0.6 is 11.3 Å². The molecule has 0 atom stereocenters. The number of furan rings is 1. The fourth-order valence-electron chi connectivity index (χ4n) is 14.8. The maximum atomic E-state index is 7.31. The van der Waals surface area contributed by atoms with Gasteiger partial charge in [0.25, 0.3) is 6.71 Å². The van der Waals surface area contributed by atoms with Crippen molar-refractivity contribution in [2.75, 3.05) is 9.80 Å². The zero-order valence-corrected chi connectivity index (χ0v) is 46.9. The highest BCUT2D eigenvalue weighted by Gasteiger charge is 2.49. The van der Waals surface area contributed by atoms with Crippen molar-refractivity contribution in [1.29, 1.82) is 0 Å². The van der Waals surface area contributed by atoms with Gasteiger partial charge in [-0.25, -0.2) is 0 Å². The number of aryl methyl sites for hydroxylation is 1. The van der Waals surface area contributed by atoms with Gasteiger partial charge in [-0.15, -0.1) is 11.3 Å². The highest BCUT2D eigenvalue weighted by molar-refractivity contribution is 7.33. The molecule has 5 aliphatic rings. The van der Waals surface area contributed by atoms with Gasteiger partial charge in [0.1, 0.15) is 5.58 Å². The monoisotopic (exact) mass is 987 g/mol. The predicted molar refractivity (Wildman–Crippen MR) is 319 cm³/mol. The SMILES string of the molecule is Cc1cc2c3c(c1)N(c1cc4c(cc1-c1ccccc1)C(C)(C)CCC4(C)C)c1c(ccc4c1oc1ccccc14)B3c1sc3cc4c(cc3c1N2c1ccc2c(c1)C(C)(C)CCC2(C)C)C(C)(C)CCC4(C)C. The molecule has 372 valence electrons. The van der Waals surface area contributed by atoms with Crippen LogP contribution in [0.4, 0.5) is 34.1 Å². The molecule has 3 nitrogen and oxygen atoms in total. The summed E-state index contributed by atoms with van der Waals surface area (Å²) in [6, 6.07) is 47.9. The van der Waals surface area contributed by atoms with Crippen LogP contribution in [0.25, 0.3) is 43.2 Å². The lowest BCUT2D eigenvalue weighted by Crippen LogP contribution is -2.60. The van der Waals surface area contributed by atoms with Gasteiger partial charge in [-0.3, -0.25) is 0 Å². The molecule has 0 N–H and O–H groups in total. The normalized spacial score (nSPS) is 19.9. The molecule has 0 bridgehead atoms. The van der Waals surface area contributed by atoms with Gasteiger partial charge in [0.2, 0.25) is 0 Å². The Morgan fingerprint density at radius 3 is 1.68 bits per heavy atom. The number of nitrogens with zero attached hydrogens (tertiary/aromatic N) is 2. The lowest BCUT2D eigenvalue weighted by atomic mass is 9.36. The summed E-state index contributed by atoms with van der Waals surface area (Å²) in [7, 11) is 0. The largest absolute Gasteiger partial charge is 0.454 e. The average molecular weight is 987 g/mol. The molecular weight excluding hydrogens is 916 g/mol. The first-order valence-corrected chi connectivity index (χ1v) is 28.6. The van der Waals surface area contributed by atoms with Gasteiger partial charge in [-0.05, 0) is 188 Å². The number of para-hydroxylation sites is 1. The summed E-state index contributed by atoms with van der Waals surface area (Å²) in [6.45, 7) is 32.0. The highest BCUT2D eigenvalue weighted by atomic mass is 32.1. The maximum absolute atomic E-state index is 7.31. The van der Waals surface area contributed by atoms with E-state index in [0.29, 0.717) is 0 Å². The third kappa shape index (κ3) is 6.44. The topological polar surface area (TPSA) is 19.6 Å². The maximum Gasteiger partial charge on any atom is 0.264 e. The molecule has 2 aliphatic heterocycles. The smallest absolute Gasteiger partial charge is 0.264 e. The van der Waals surface area contributed by atoms with E-state index in [0.717, 1.165) is 40.5 Å². The van der Waals surface area contributed by atoms with E-state index >= 15 is 0 Å². The van der Waals surface area contributed by atoms with Gasteiger partial charge in [0.15, 0.2) is 5.58 Å². The van der Waals surface area contributed by atoms with Crippen LogP contribution in [0.3, 0.4) is 0 Å². The van der Waals surface area contributed by atoms with E-state index in [9.17, 15) is 0 Å². The number of rotatable bonds is 3. The molecule has 2 aromatic heterocycles. The molecule has 5 heteroatoms. The van der Waals surface area contributed by atoms with Crippen LogP contribution in [0.15, 0.2) is 126 Å². The van der Waals surface area contributed by atoms with Gasteiger partial charge in [-0.2, -0.15) is 0 Å². The lowest BCUT2D eigenvalue weighted by Gasteiger charge is -2.46. The number of thiophene rings is 1. The zero-order valence-electron chi connectivity index (χ0n) is 46.1. The van der Waals surface area contributed by atoms with Crippen LogP contribution in [0.2, 0.25) is 0 Å². The van der Waals surface area contributed by atoms with Crippen LogP contribution in [0, 0.1) is 6.92 Å². The minimum Gasteiger partial charge on any atom is -0.454 e. The van der Waals surface area contributed by atoms with Crippen molar-refractivity contribution in [3.05, 3.63) is 160 Å². The summed E-state index contributed by atoms with van der Waals surface area (Å²) < 4.78 is 10.1. The van der Waals surface area contributed by atoms with E-state index in [1.165, 1.54) is 130 Å². The summed E-state index contributed by atoms with van der Waals surface area (Å²) in [5.41, 5.74) is 25.1. The summed E-state index contributed by atoms with van der Waals surface area (Å²) in [6.07, 6.45) is 7.02. The number of anilines is 6. The zero-order chi connectivity index (χ0) is 51.4. The minimum atomic E-state index is -0.0349. The van der Waals surface area contributed by atoms with Crippen LogP contribution in [-0.4, -0.2) is 6.71 Å². The molecule has 7 aromatic carbocycles. The first-order chi connectivity index (χ1) is 35.0. The number of hydrogen-bond donors (Lipinski definition) is 0. The number of hydrogen-bond acceptors (Lipinski definition) is 4.